The molecule has 0 bridgehead atoms. The molecule has 1 spiro atoms. The third kappa shape index (κ3) is 2.14. The van der Waals surface area contributed by atoms with Crippen LogP contribution in [0.1, 0.15) is 45.8 Å². The lowest BCUT2D eigenvalue weighted by Crippen LogP contribution is -2.41. The molecule has 0 saturated heterocycles. The summed E-state index contributed by atoms with van der Waals surface area (Å²) >= 11 is 0. The summed E-state index contributed by atoms with van der Waals surface area (Å²) in [6.07, 6.45) is 2.70. The van der Waals surface area contributed by atoms with E-state index in [1.807, 2.05) is 30.3 Å². The van der Waals surface area contributed by atoms with E-state index >= 15 is 0 Å². The zero-order valence-electron chi connectivity index (χ0n) is 13.3. The number of Topliss-reactive ketones (excluding diaryl/α,β-unsaturated/α-hetero) is 1. The van der Waals surface area contributed by atoms with Crippen molar-refractivity contribution >= 4 is 5.78 Å². The molecule has 2 aromatic rings. The van der Waals surface area contributed by atoms with Crippen molar-refractivity contribution in [3.63, 3.8) is 0 Å². The molecule has 3 heteroatoms. The Balaban J connectivity index is 1.84. The van der Waals surface area contributed by atoms with Crippen LogP contribution in [-0.4, -0.2) is 17.9 Å². The monoisotopic (exact) mass is 304 g/mol. The highest BCUT2D eigenvalue weighted by molar-refractivity contribution is 6.05. The van der Waals surface area contributed by atoms with Gasteiger partial charge in [-0.2, -0.15) is 10.2 Å². The van der Waals surface area contributed by atoms with Crippen LogP contribution in [0.2, 0.25) is 0 Å². The minimum Gasteiger partial charge on any atom is -0.291 e. The van der Waals surface area contributed by atoms with Gasteiger partial charge in [0.05, 0.1) is 6.54 Å². The van der Waals surface area contributed by atoms with E-state index in [4.69, 9.17) is 0 Å². The van der Waals surface area contributed by atoms with Crippen molar-refractivity contribution in [3.05, 3.63) is 70.8 Å². The van der Waals surface area contributed by atoms with Gasteiger partial charge in [-0.25, -0.2) is 0 Å². The van der Waals surface area contributed by atoms with E-state index in [1.54, 1.807) is 0 Å². The number of ketones is 1. The SMILES string of the molecule is Cc1ccccc1[C@@H]1CN=N[C@@]12CCCc1ccccc1C2=O. The van der Waals surface area contributed by atoms with E-state index in [-0.39, 0.29) is 11.7 Å². The molecule has 0 amide bonds. The lowest BCUT2D eigenvalue weighted by molar-refractivity contribution is 0.0870. The molecular formula is C20H20N2O. The van der Waals surface area contributed by atoms with Crippen LogP contribution in [0, 0.1) is 6.92 Å². The number of azo groups is 1. The highest BCUT2D eigenvalue weighted by Crippen LogP contribution is 2.45. The van der Waals surface area contributed by atoms with Gasteiger partial charge in [-0.1, -0.05) is 48.5 Å². The Morgan fingerprint density at radius 1 is 1.09 bits per heavy atom. The van der Waals surface area contributed by atoms with Crippen molar-refractivity contribution in [2.24, 2.45) is 10.2 Å². The third-order valence-corrected chi connectivity index (χ3v) is 5.31. The molecule has 4 rings (SSSR count). The summed E-state index contributed by atoms with van der Waals surface area (Å²) in [6.45, 7) is 2.72. The van der Waals surface area contributed by atoms with Crippen LogP contribution in [0.3, 0.4) is 0 Å². The smallest absolute Gasteiger partial charge is 0.193 e. The molecule has 2 aliphatic rings. The molecule has 1 heterocycles. The fourth-order valence-corrected chi connectivity index (χ4v) is 4.09. The molecule has 3 nitrogen and oxygen atoms in total. The normalized spacial score (nSPS) is 26.3. The fourth-order valence-electron chi connectivity index (χ4n) is 4.09. The van der Waals surface area contributed by atoms with Crippen molar-refractivity contribution in [1.29, 1.82) is 0 Å². The molecule has 0 saturated carbocycles. The van der Waals surface area contributed by atoms with Crippen molar-refractivity contribution in [3.8, 4) is 0 Å². The van der Waals surface area contributed by atoms with E-state index in [9.17, 15) is 4.79 Å². The summed E-state index contributed by atoms with van der Waals surface area (Å²) < 4.78 is 0. The number of nitrogens with zero attached hydrogens (tertiary/aromatic N) is 2. The van der Waals surface area contributed by atoms with E-state index in [0.717, 1.165) is 30.4 Å². The summed E-state index contributed by atoms with van der Waals surface area (Å²) in [4.78, 5) is 13.4. The van der Waals surface area contributed by atoms with Crippen LogP contribution in [0.5, 0.6) is 0 Å². The quantitative estimate of drug-likeness (QED) is 0.764. The summed E-state index contributed by atoms with van der Waals surface area (Å²) in [6, 6.07) is 16.3. The van der Waals surface area contributed by atoms with Gasteiger partial charge in [0.15, 0.2) is 11.3 Å². The number of hydrogen-bond donors (Lipinski definition) is 0. The zero-order chi connectivity index (χ0) is 15.9. The van der Waals surface area contributed by atoms with E-state index < -0.39 is 5.54 Å². The average Bonchev–Trinajstić information content (AvgIpc) is 2.93. The molecule has 2 atom stereocenters. The first-order valence-electron chi connectivity index (χ1n) is 8.29. The van der Waals surface area contributed by atoms with Crippen LogP contribution < -0.4 is 0 Å². The maximum atomic E-state index is 13.4. The Kier molecular flexibility index (Phi) is 3.37. The van der Waals surface area contributed by atoms with Gasteiger partial charge in [0.1, 0.15) is 0 Å². The Bertz CT molecular complexity index is 796. The van der Waals surface area contributed by atoms with Gasteiger partial charge in [-0.15, -0.1) is 0 Å². The summed E-state index contributed by atoms with van der Waals surface area (Å²) in [5, 5.41) is 8.87. The molecule has 0 N–H and O–H groups in total. The highest BCUT2D eigenvalue weighted by atomic mass is 16.1. The first-order valence-corrected chi connectivity index (χ1v) is 8.29. The van der Waals surface area contributed by atoms with Gasteiger partial charge in [-0.3, -0.25) is 4.79 Å². The number of rotatable bonds is 1. The topological polar surface area (TPSA) is 41.8 Å². The molecule has 2 aromatic carbocycles. The molecular weight excluding hydrogens is 284 g/mol. The lowest BCUT2D eigenvalue weighted by atomic mass is 9.73. The molecule has 1 aliphatic carbocycles. The van der Waals surface area contributed by atoms with Gasteiger partial charge in [0.25, 0.3) is 0 Å². The van der Waals surface area contributed by atoms with E-state index in [1.165, 1.54) is 11.1 Å². The minimum atomic E-state index is -0.710. The third-order valence-electron chi connectivity index (χ3n) is 5.31. The van der Waals surface area contributed by atoms with E-state index in [2.05, 4.69) is 35.4 Å². The second kappa shape index (κ2) is 5.41. The maximum Gasteiger partial charge on any atom is 0.193 e. The largest absolute Gasteiger partial charge is 0.291 e. The summed E-state index contributed by atoms with van der Waals surface area (Å²) in [5.74, 6) is 0.211. The zero-order valence-corrected chi connectivity index (χ0v) is 13.3. The highest BCUT2D eigenvalue weighted by Gasteiger charge is 2.51. The number of aryl methyl sites for hydroxylation is 2. The van der Waals surface area contributed by atoms with Gasteiger partial charge in [0.2, 0.25) is 0 Å². The van der Waals surface area contributed by atoms with Crippen LogP contribution in [0.4, 0.5) is 0 Å². The van der Waals surface area contributed by atoms with Gasteiger partial charge >= 0.3 is 0 Å². The van der Waals surface area contributed by atoms with Gasteiger partial charge < -0.3 is 0 Å². The molecule has 0 unspecified atom stereocenters. The van der Waals surface area contributed by atoms with Crippen LogP contribution in [-0.2, 0) is 6.42 Å². The first-order chi connectivity index (χ1) is 11.2. The van der Waals surface area contributed by atoms with Crippen molar-refractivity contribution in [2.45, 2.75) is 37.6 Å². The Hall–Kier alpha value is -2.29. The predicted molar refractivity (Wildman–Crippen MR) is 90.1 cm³/mol. The van der Waals surface area contributed by atoms with Gasteiger partial charge in [-0.05, 0) is 42.9 Å². The standard InChI is InChI=1S/C20H20N2O/c1-14-7-2-4-10-16(14)18-13-21-22-20(18)12-6-9-15-8-3-5-11-17(15)19(20)23/h2-5,7-8,10-11,18H,6,9,12-13H2,1H3/t18-,20-/m0/s1. The summed E-state index contributed by atoms with van der Waals surface area (Å²) in [7, 11) is 0. The molecule has 0 fully saturated rings. The lowest BCUT2D eigenvalue weighted by Gasteiger charge is -2.30. The van der Waals surface area contributed by atoms with Crippen molar-refractivity contribution in [2.75, 3.05) is 6.54 Å². The summed E-state index contributed by atoms with van der Waals surface area (Å²) in [5.41, 5.74) is 3.71. The van der Waals surface area contributed by atoms with Crippen molar-refractivity contribution < 1.29 is 4.79 Å². The number of carbonyl (C=O) groups excluding carboxylic acids is 1. The molecule has 1 aliphatic heterocycles. The Labute approximate surface area is 136 Å². The predicted octanol–water partition coefficient (Wildman–Crippen LogP) is 4.50. The number of fused-ring (bicyclic) bond motifs is 1. The second-order valence-corrected chi connectivity index (χ2v) is 6.60. The van der Waals surface area contributed by atoms with Crippen LogP contribution in [0.25, 0.3) is 0 Å². The average molecular weight is 304 g/mol. The maximum absolute atomic E-state index is 13.4. The molecule has 0 aromatic heterocycles. The molecule has 0 radical (unpaired) electrons. The Morgan fingerprint density at radius 2 is 1.87 bits per heavy atom. The minimum absolute atomic E-state index is 0.0577. The molecule has 116 valence electrons. The molecule has 23 heavy (non-hydrogen) atoms. The Morgan fingerprint density at radius 3 is 2.74 bits per heavy atom. The fraction of sp³-hybridized carbons (Fsp3) is 0.350. The second-order valence-electron chi connectivity index (χ2n) is 6.60. The number of benzene rings is 2. The van der Waals surface area contributed by atoms with E-state index in [0.29, 0.717) is 6.54 Å². The van der Waals surface area contributed by atoms with Crippen LogP contribution >= 0.6 is 0 Å². The van der Waals surface area contributed by atoms with Crippen LogP contribution in [0.15, 0.2) is 58.8 Å². The van der Waals surface area contributed by atoms with Crippen molar-refractivity contribution in [1.82, 2.24) is 0 Å². The number of carbonyl (C=O) groups is 1. The first kappa shape index (κ1) is 14.3. The number of hydrogen-bond acceptors (Lipinski definition) is 3. The van der Waals surface area contributed by atoms with Gasteiger partial charge in [0, 0.05) is 11.5 Å².